The highest BCUT2D eigenvalue weighted by atomic mass is 16.2. The van der Waals surface area contributed by atoms with Crippen LogP contribution in [0.1, 0.15) is 18.9 Å². The zero-order chi connectivity index (χ0) is 16.4. The molecule has 0 N–H and O–H groups in total. The lowest BCUT2D eigenvalue weighted by atomic mass is 9.86. The molecule has 0 saturated carbocycles. The van der Waals surface area contributed by atoms with E-state index in [0.29, 0.717) is 13.0 Å². The molecule has 1 unspecified atom stereocenters. The van der Waals surface area contributed by atoms with E-state index in [-0.39, 0.29) is 17.2 Å². The summed E-state index contributed by atoms with van der Waals surface area (Å²) in [6.45, 7) is 6.24. The monoisotopic (exact) mass is 316 g/mol. The van der Waals surface area contributed by atoms with Crippen LogP contribution in [0, 0.1) is 5.41 Å². The fourth-order valence-electron chi connectivity index (χ4n) is 3.81. The number of nitrogens with zero attached hydrogens (tertiary/aromatic N) is 4. The Morgan fingerprint density at radius 3 is 2.57 bits per heavy atom. The second kappa shape index (κ2) is 6.28. The summed E-state index contributed by atoms with van der Waals surface area (Å²) in [6.07, 6.45) is 4.13. The van der Waals surface area contributed by atoms with Crippen LogP contribution in [0.5, 0.6) is 0 Å². The average Bonchev–Trinajstić information content (AvgIpc) is 2.68. The number of aromatic nitrogens is 1. The summed E-state index contributed by atoms with van der Waals surface area (Å²) in [5.41, 5.74) is 1.06. The molecule has 3 heterocycles. The zero-order valence-corrected chi connectivity index (χ0v) is 13.9. The molecule has 2 aliphatic rings. The molecule has 2 aliphatic heterocycles. The molecule has 0 radical (unpaired) electrons. The Labute approximate surface area is 137 Å². The molecule has 2 saturated heterocycles. The molecule has 2 amide bonds. The lowest BCUT2D eigenvalue weighted by Gasteiger charge is -2.33. The summed E-state index contributed by atoms with van der Waals surface area (Å²) in [7, 11) is 1.85. The fraction of sp³-hybridized carbons (Fsp3) is 0.588. The summed E-state index contributed by atoms with van der Waals surface area (Å²) >= 11 is 0. The molecule has 3 rings (SSSR count). The first-order valence-electron chi connectivity index (χ1n) is 8.08. The molecule has 1 aromatic rings. The smallest absolute Gasteiger partial charge is 0.223 e. The van der Waals surface area contributed by atoms with Crippen LogP contribution in [0.15, 0.2) is 24.5 Å². The van der Waals surface area contributed by atoms with E-state index in [0.717, 1.165) is 32.7 Å². The Kier molecular flexibility index (Phi) is 4.35. The maximum absolute atomic E-state index is 12.1. The van der Waals surface area contributed by atoms with Gasteiger partial charge in [-0.3, -0.25) is 19.5 Å². The largest absolute Gasteiger partial charge is 0.345 e. The number of rotatable bonds is 2. The van der Waals surface area contributed by atoms with E-state index in [2.05, 4.69) is 9.88 Å². The molecule has 0 aliphatic carbocycles. The Balaban J connectivity index is 1.80. The molecule has 0 aromatic carbocycles. The first-order chi connectivity index (χ1) is 11.0. The predicted octanol–water partition coefficient (Wildman–Crippen LogP) is 0.594. The van der Waals surface area contributed by atoms with Gasteiger partial charge in [-0.25, -0.2) is 0 Å². The van der Waals surface area contributed by atoms with Crippen molar-refractivity contribution in [2.24, 2.45) is 5.41 Å². The van der Waals surface area contributed by atoms with Crippen LogP contribution in [0.4, 0.5) is 0 Å². The third-order valence-electron chi connectivity index (χ3n) is 4.90. The Bertz CT molecular complexity index is 592. The van der Waals surface area contributed by atoms with E-state index in [9.17, 15) is 9.59 Å². The molecular weight excluding hydrogens is 292 g/mol. The number of carbonyl (C=O) groups is 2. The highest BCUT2D eigenvalue weighted by Gasteiger charge is 2.45. The summed E-state index contributed by atoms with van der Waals surface area (Å²) in [6, 6.07) is 4.04. The SMILES string of the molecule is CC(=O)N1CCN(Cc2ccncc2)CC2(CC(=O)N(C)C2)C1. The van der Waals surface area contributed by atoms with Gasteiger partial charge < -0.3 is 9.80 Å². The van der Waals surface area contributed by atoms with Gasteiger partial charge in [0.2, 0.25) is 11.8 Å². The predicted molar refractivity (Wildman–Crippen MR) is 86.5 cm³/mol. The van der Waals surface area contributed by atoms with E-state index in [1.165, 1.54) is 5.56 Å². The summed E-state index contributed by atoms with van der Waals surface area (Å²) in [5, 5.41) is 0. The highest BCUT2D eigenvalue weighted by Crippen LogP contribution is 2.34. The maximum Gasteiger partial charge on any atom is 0.223 e. The Morgan fingerprint density at radius 1 is 1.22 bits per heavy atom. The molecule has 1 aromatic heterocycles. The molecule has 23 heavy (non-hydrogen) atoms. The summed E-state index contributed by atoms with van der Waals surface area (Å²) in [4.78, 5) is 34.1. The van der Waals surface area contributed by atoms with Gasteiger partial charge in [-0.05, 0) is 17.7 Å². The molecule has 1 spiro atoms. The minimum absolute atomic E-state index is 0.0946. The van der Waals surface area contributed by atoms with Crippen LogP contribution in [-0.2, 0) is 16.1 Å². The van der Waals surface area contributed by atoms with Gasteiger partial charge in [0.15, 0.2) is 0 Å². The topological polar surface area (TPSA) is 56.8 Å². The zero-order valence-electron chi connectivity index (χ0n) is 13.9. The minimum Gasteiger partial charge on any atom is -0.345 e. The lowest BCUT2D eigenvalue weighted by molar-refractivity contribution is -0.130. The lowest BCUT2D eigenvalue weighted by Crippen LogP contribution is -2.43. The summed E-state index contributed by atoms with van der Waals surface area (Å²) < 4.78 is 0. The van der Waals surface area contributed by atoms with Crippen molar-refractivity contribution in [3.63, 3.8) is 0 Å². The quantitative estimate of drug-likeness (QED) is 0.801. The second-order valence-corrected chi connectivity index (χ2v) is 6.93. The van der Waals surface area contributed by atoms with Gasteiger partial charge in [-0.15, -0.1) is 0 Å². The van der Waals surface area contributed by atoms with Crippen molar-refractivity contribution >= 4 is 11.8 Å². The van der Waals surface area contributed by atoms with Gasteiger partial charge in [-0.1, -0.05) is 0 Å². The number of amides is 2. The highest BCUT2D eigenvalue weighted by molar-refractivity contribution is 5.79. The minimum atomic E-state index is -0.152. The first-order valence-corrected chi connectivity index (χ1v) is 8.08. The third kappa shape index (κ3) is 3.52. The van der Waals surface area contributed by atoms with Crippen LogP contribution < -0.4 is 0 Å². The van der Waals surface area contributed by atoms with Gasteiger partial charge in [0.1, 0.15) is 0 Å². The molecule has 1 atom stereocenters. The number of hydrogen-bond acceptors (Lipinski definition) is 4. The third-order valence-corrected chi connectivity index (χ3v) is 4.90. The van der Waals surface area contributed by atoms with Crippen molar-refractivity contribution in [2.45, 2.75) is 19.9 Å². The Hall–Kier alpha value is -1.95. The molecule has 6 nitrogen and oxygen atoms in total. The molecule has 2 fully saturated rings. The standard InChI is InChI=1S/C17H24N4O2/c1-14(22)21-8-7-20(10-15-3-5-18-6-4-15)12-17(13-21)9-16(23)19(2)11-17/h3-6H,7-13H2,1-2H3. The normalized spacial score (nSPS) is 25.9. The van der Waals surface area contributed by atoms with Crippen molar-refractivity contribution < 1.29 is 9.59 Å². The number of likely N-dealkylation sites (tertiary alicyclic amines) is 1. The van der Waals surface area contributed by atoms with Crippen LogP contribution in [0.25, 0.3) is 0 Å². The van der Waals surface area contributed by atoms with Crippen LogP contribution in [0.3, 0.4) is 0 Å². The van der Waals surface area contributed by atoms with Crippen molar-refractivity contribution in [1.82, 2.24) is 19.7 Å². The van der Waals surface area contributed by atoms with Gasteiger partial charge in [0.05, 0.1) is 0 Å². The maximum atomic E-state index is 12.1. The van der Waals surface area contributed by atoms with Gasteiger partial charge in [0.25, 0.3) is 0 Å². The van der Waals surface area contributed by atoms with E-state index in [1.54, 1.807) is 24.2 Å². The molecule has 124 valence electrons. The van der Waals surface area contributed by atoms with Crippen molar-refractivity contribution in [3.05, 3.63) is 30.1 Å². The molecule has 0 bridgehead atoms. The second-order valence-electron chi connectivity index (χ2n) is 6.93. The van der Waals surface area contributed by atoms with E-state index in [4.69, 9.17) is 0 Å². The van der Waals surface area contributed by atoms with Crippen molar-refractivity contribution in [3.8, 4) is 0 Å². The first kappa shape index (κ1) is 15.9. The van der Waals surface area contributed by atoms with Crippen molar-refractivity contribution in [2.75, 3.05) is 39.8 Å². The van der Waals surface area contributed by atoms with E-state index in [1.807, 2.05) is 24.1 Å². The van der Waals surface area contributed by atoms with Crippen LogP contribution >= 0.6 is 0 Å². The molecule has 6 heteroatoms. The van der Waals surface area contributed by atoms with E-state index >= 15 is 0 Å². The Morgan fingerprint density at radius 2 is 1.96 bits per heavy atom. The fourth-order valence-corrected chi connectivity index (χ4v) is 3.81. The van der Waals surface area contributed by atoms with Crippen molar-refractivity contribution in [1.29, 1.82) is 0 Å². The average molecular weight is 316 g/mol. The number of pyridine rings is 1. The van der Waals surface area contributed by atoms with Crippen LogP contribution in [-0.4, -0.2) is 71.3 Å². The van der Waals surface area contributed by atoms with Gasteiger partial charge >= 0.3 is 0 Å². The molecular formula is C17H24N4O2. The summed E-state index contributed by atoms with van der Waals surface area (Å²) in [5.74, 6) is 0.274. The van der Waals surface area contributed by atoms with E-state index < -0.39 is 0 Å². The van der Waals surface area contributed by atoms with Crippen LogP contribution in [0.2, 0.25) is 0 Å². The van der Waals surface area contributed by atoms with Gasteiger partial charge in [0, 0.05) is 77.5 Å². The van der Waals surface area contributed by atoms with Gasteiger partial charge in [-0.2, -0.15) is 0 Å². The number of carbonyl (C=O) groups excluding carboxylic acids is 2. The number of hydrogen-bond donors (Lipinski definition) is 0.